The minimum absolute atomic E-state index is 0.00152. The van der Waals surface area contributed by atoms with Gasteiger partial charge in [-0.3, -0.25) is 4.90 Å². The Morgan fingerprint density at radius 1 is 0.600 bits per heavy atom. The van der Waals surface area contributed by atoms with Crippen molar-refractivity contribution in [3.63, 3.8) is 0 Å². The molecule has 1 atom stereocenters. The van der Waals surface area contributed by atoms with Gasteiger partial charge in [0.25, 0.3) is 0 Å². The molecule has 4 aromatic rings. The molecule has 0 aromatic heterocycles. The number of carbonyl (C=O) groups excluding carboxylic acids is 2. The molecule has 55 heavy (non-hydrogen) atoms. The maximum atomic E-state index is 11.7. The molecule has 0 spiro atoms. The monoisotopic (exact) mass is 735 g/mol. The van der Waals surface area contributed by atoms with E-state index in [4.69, 9.17) is 4.74 Å². The molecule has 0 bridgehead atoms. The van der Waals surface area contributed by atoms with Crippen molar-refractivity contribution in [2.45, 2.75) is 64.4 Å². The number of urea groups is 2. The number of carbonyl (C=O) groups is 2. The van der Waals surface area contributed by atoms with Crippen LogP contribution in [0.1, 0.15) is 90.9 Å². The van der Waals surface area contributed by atoms with Crippen LogP contribution < -0.4 is 4.74 Å². The number of likely N-dealkylation sites (tertiary alicyclic amines) is 3. The van der Waals surface area contributed by atoms with E-state index in [1.54, 1.807) is 15.4 Å². The lowest BCUT2D eigenvalue weighted by molar-refractivity contribution is 0.127. The van der Waals surface area contributed by atoms with Crippen molar-refractivity contribution in [3.05, 3.63) is 142 Å². The fourth-order valence-corrected chi connectivity index (χ4v) is 7.98. The number of ether oxygens (including phenoxy) is 1. The summed E-state index contributed by atoms with van der Waals surface area (Å²) in [7, 11) is 0. The first-order valence-corrected chi connectivity index (χ1v) is 20.1. The third-order valence-electron chi connectivity index (χ3n) is 11.1. The van der Waals surface area contributed by atoms with E-state index in [1.807, 2.05) is 0 Å². The van der Waals surface area contributed by atoms with Gasteiger partial charge in [-0.05, 0) is 104 Å². The van der Waals surface area contributed by atoms with E-state index in [0.717, 1.165) is 103 Å². The largest absolute Gasteiger partial charge is 0.484 e. The Morgan fingerprint density at radius 3 is 1.62 bits per heavy atom. The summed E-state index contributed by atoms with van der Waals surface area (Å²) in [6.07, 6.45) is 13.1. The number of hydrogen-bond donors (Lipinski definition) is 0. The SMILES string of the molecule is Cc1ccc(OC(CN2CCC(=C3c4ccccc4C=Cc4ccccc43)CC2)c2ccccc2)cc1.O=C(N=NC(=O)N1CCCCC1)N1CCCCC1. The van der Waals surface area contributed by atoms with E-state index < -0.39 is 0 Å². The van der Waals surface area contributed by atoms with Gasteiger partial charge in [0.1, 0.15) is 11.9 Å². The van der Waals surface area contributed by atoms with Crippen molar-refractivity contribution in [2.24, 2.45) is 10.2 Å². The standard InChI is InChI=1S/C35H33NO.C12H20N4O2/c1-26-15-19-31(20-16-26)37-34(29-11-3-2-4-12-29)25-36-23-21-30(22-24-36)35-32-13-7-5-9-27(32)17-18-28-10-6-8-14-33(28)35;17-11(15-7-3-1-4-8-15)13-14-12(18)16-9-5-2-6-10-16/h2-20,34H,21-25H2,1H3;1-10H2. The normalized spacial score (nSPS) is 17.8. The first-order valence-electron chi connectivity index (χ1n) is 20.1. The van der Waals surface area contributed by atoms with Gasteiger partial charge in [0.2, 0.25) is 0 Å². The fourth-order valence-electron chi connectivity index (χ4n) is 7.98. The summed E-state index contributed by atoms with van der Waals surface area (Å²) in [6.45, 7) is 8.00. The zero-order valence-electron chi connectivity index (χ0n) is 32.1. The van der Waals surface area contributed by atoms with Crippen LogP contribution in [0.3, 0.4) is 0 Å². The minimum atomic E-state index is -0.375. The highest BCUT2D eigenvalue weighted by Crippen LogP contribution is 2.39. The van der Waals surface area contributed by atoms with Crippen LogP contribution >= 0.6 is 0 Å². The molecule has 3 saturated heterocycles. The molecular formula is C47H53N5O3. The van der Waals surface area contributed by atoms with Gasteiger partial charge in [0.15, 0.2) is 0 Å². The van der Waals surface area contributed by atoms with Gasteiger partial charge in [-0.2, -0.15) is 0 Å². The predicted octanol–water partition coefficient (Wildman–Crippen LogP) is 10.8. The van der Waals surface area contributed by atoms with Crippen molar-refractivity contribution in [2.75, 3.05) is 45.8 Å². The van der Waals surface area contributed by atoms with Gasteiger partial charge >= 0.3 is 12.1 Å². The zero-order chi connectivity index (χ0) is 37.8. The first kappa shape index (κ1) is 38.0. The van der Waals surface area contributed by atoms with E-state index in [2.05, 4.69) is 137 Å². The van der Waals surface area contributed by atoms with Crippen LogP contribution in [0.2, 0.25) is 0 Å². The minimum Gasteiger partial charge on any atom is -0.484 e. The molecule has 3 aliphatic heterocycles. The highest BCUT2D eigenvalue weighted by Gasteiger charge is 2.25. The summed E-state index contributed by atoms with van der Waals surface area (Å²) in [6, 6.07) is 36.0. The molecule has 1 unspecified atom stereocenters. The molecule has 8 rings (SSSR count). The average Bonchev–Trinajstić information content (AvgIpc) is 3.42. The molecule has 3 fully saturated rings. The van der Waals surface area contributed by atoms with Gasteiger partial charge < -0.3 is 14.5 Å². The Bertz CT molecular complexity index is 1900. The molecule has 1 aliphatic carbocycles. The van der Waals surface area contributed by atoms with Crippen molar-refractivity contribution >= 4 is 29.8 Å². The lowest BCUT2D eigenvalue weighted by atomic mass is 9.86. The van der Waals surface area contributed by atoms with Crippen LogP contribution in [-0.4, -0.2) is 72.6 Å². The van der Waals surface area contributed by atoms with Crippen LogP contribution in [0.15, 0.2) is 119 Å². The number of amides is 4. The molecule has 8 heteroatoms. The molecule has 3 heterocycles. The maximum absolute atomic E-state index is 11.7. The van der Waals surface area contributed by atoms with Gasteiger partial charge in [-0.25, -0.2) is 9.59 Å². The van der Waals surface area contributed by atoms with Crippen molar-refractivity contribution in [3.8, 4) is 5.75 Å². The fraction of sp³-hybridized carbons (Fsp3) is 0.362. The second kappa shape index (κ2) is 18.8. The van der Waals surface area contributed by atoms with E-state index in [0.29, 0.717) is 0 Å². The predicted molar refractivity (Wildman–Crippen MR) is 221 cm³/mol. The average molecular weight is 736 g/mol. The molecule has 4 aromatic carbocycles. The summed E-state index contributed by atoms with van der Waals surface area (Å²) >= 11 is 0. The first-order chi connectivity index (χ1) is 27.0. The number of azo groups is 1. The Kier molecular flexibility index (Phi) is 13.0. The van der Waals surface area contributed by atoms with Crippen molar-refractivity contribution < 1.29 is 14.3 Å². The Morgan fingerprint density at radius 2 is 1.09 bits per heavy atom. The van der Waals surface area contributed by atoms with Crippen LogP contribution in [-0.2, 0) is 0 Å². The number of aryl methyl sites for hydroxylation is 1. The van der Waals surface area contributed by atoms with Crippen LogP contribution in [0.5, 0.6) is 5.75 Å². The molecule has 4 amide bonds. The summed E-state index contributed by atoms with van der Waals surface area (Å²) in [5.41, 5.74) is 10.8. The Hall–Kier alpha value is -5.34. The lowest BCUT2D eigenvalue weighted by Crippen LogP contribution is -2.36. The van der Waals surface area contributed by atoms with Gasteiger partial charge in [-0.15, -0.1) is 0 Å². The third-order valence-corrected chi connectivity index (χ3v) is 11.1. The van der Waals surface area contributed by atoms with Gasteiger partial charge in [0, 0.05) is 45.8 Å². The summed E-state index contributed by atoms with van der Waals surface area (Å²) < 4.78 is 6.55. The highest BCUT2D eigenvalue weighted by atomic mass is 16.5. The van der Waals surface area contributed by atoms with Gasteiger partial charge in [-0.1, -0.05) is 125 Å². The van der Waals surface area contributed by atoms with Crippen molar-refractivity contribution in [1.82, 2.24) is 14.7 Å². The van der Waals surface area contributed by atoms with E-state index in [1.165, 1.54) is 39.0 Å². The summed E-state index contributed by atoms with van der Waals surface area (Å²) in [4.78, 5) is 29.3. The summed E-state index contributed by atoms with van der Waals surface area (Å²) in [5, 5.41) is 7.09. The molecule has 0 N–H and O–H groups in total. The van der Waals surface area contributed by atoms with Gasteiger partial charge in [0.05, 0.1) is 0 Å². The Labute approximate surface area is 326 Å². The second-order valence-electron chi connectivity index (χ2n) is 15.0. The molecular weight excluding hydrogens is 683 g/mol. The number of rotatable bonds is 5. The van der Waals surface area contributed by atoms with E-state index in [-0.39, 0.29) is 18.2 Å². The number of piperidine rings is 3. The maximum Gasteiger partial charge on any atom is 0.362 e. The lowest BCUT2D eigenvalue weighted by Gasteiger charge is -2.33. The van der Waals surface area contributed by atoms with Crippen LogP contribution in [0.4, 0.5) is 9.59 Å². The molecule has 284 valence electrons. The summed E-state index contributed by atoms with van der Waals surface area (Å²) in [5.74, 6) is 0.929. The third kappa shape index (κ3) is 10.1. The second-order valence-corrected chi connectivity index (χ2v) is 15.0. The van der Waals surface area contributed by atoms with E-state index in [9.17, 15) is 9.59 Å². The number of nitrogens with zero attached hydrogens (tertiary/aromatic N) is 5. The highest BCUT2D eigenvalue weighted by molar-refractivity contribution is 5.95. The Balaban J connectivity index is 0.000000217. The molecule has 0 saturated carbocycles. The molecule has 4 aliphatic rings. The number of fused-ring (bicyclic) bond motifs is 2. The van der Waals surface area contributed by atoms with Crippen LogP contribution in [0.25, 0.3) is 17.7 Å². The topological polar surface area (TPSA) is 77.8 Å². The van der Waals surface area contributed by atoms with Crippen LogP contribution in [0, 0.1) is 6.92 Å². The smallest absolute Gasteiger partial charge is 0.362 e. The molecule has 0 radical (unpaired) electrons. The zero-order valence-corrected chi connectivity index (χ0v) is 32.1. The number of benzene rings is 4. The van der Waals surface area contributed by atoms with Crippen molar-refractivity contribution in [1.29, 1.82) is 0 Å². The number of hydrogen-bond acceptors (Lipinski definition) is 4. The quantitative estimate of drug-likeness (QED) is 0.168. The molecule has 8 nitrogen and oxygen atoms in total. The van der Waals surface area contributed by atoms with E-state index >= 15 is 0 Å².